The van der Waals surface area contributed by atoms with E-state index in [0.717, 1.165) is 24.1 Å². The monoisotopic (exact) mass is 319 g/mol. The number of hydrogen-bond donors (Lipinski definition) is 2. The van der Waals surface area contributed by atoms with E-state index in [1.165, 1.54) is 0 Å². The van der Waals surface area contributed by atoms with Gasteiger partial charge in [-0.15, -0.1) is 0 Å². The lowest BCUT2D eigenvalue weighted by molar-refractivity contribution is 0.0662. The van der Waals surface area contributed by atoms with E-state index in [2.05, 4.69) is 0 Å². The Morgan fingerprint density at radius 2 is 2.13 bits per heavy atom. The van der Waals surface area contributed by atoms with Gasteiger partial charge in [0.1, 0.15) is 0 Å². The smallest absolute Gasteiger partial charge is 0.329 e. The summed E-state index contributed by atoms with van der Waals surface area (Å²) in [6.45, 7) is 6.11. The molecule has 1 aliphatic rings. The van der Waals surface area contributed by atoms with Crippen molar-refractivity contribution >= 4 is 16.7 Å². The molecule has 3 rings (SSSR count). The fraction of sp³-hybridized carbons (Fsp3) is 0.588. The van der Waals surface area contributed by atoms with Crippen LogP contribution in [0.4, 0.5) is 5.69 Å². The second kappa shape index (κ2) is 6.02. The molecule has 1 saturated heterocycles. The Hall–Kier alpha value is -1.79. The van der Waals surface area contributed by atoms with Crippen LogP contribution in [-0.2, 0) is 17.8 Å². The predicted octanol–water partition coefficient (Wildman–Crippen LogP) is 1.58. The van der Waals surface area contributed by atoms with E-state index in [-0.39, 0.29) is 5.69 Å². The summed E-state index contributed by atoms with van der Waals surface area (Å²) in [5, 5.41) is 9.97. The van der Waals surface area contributed by atoms with Crippen molar-refractivity contribution in [3.05, 3.63) is 28.7 Å². The Labute approximate surface area is 135 Å². The van der Waals surface area contributed by atoms with Crippen LogP contribution < -0.4 is 11.4 Å². The van der Waals surface area contributed by atoms with Crippen molar-refractivity contribution in [2.45, 2.75) is 45.4 Å². The highest BCUT2D eigenvalue weighted by molar-refractivity contribution is 5.79. The fourth-order valence-corrected chi connectivity index (χ4v) is 3.10. The second-order valence-electron chi connectivity index (χ2n) is 7.09. The Balaban J connectivity index is 2.02. The van der Waals surface area contributed by atoms with Gasteiger partial charge < -0.3 is 15.6 Å². The number of rotatable bonds is 5. The van der Waals surface area contributed by atoms with Crippen molar-refractivity contribution in [1.82, 2.24) is 9.13 Å². The Morgan fingerprint density at radius 3 is 2.78 bits per heavy atom. The zero-order chi connectivity index (χ0) is 16.6. The van der Waals surface area contributed by atoms with Gasteiger partial charge in [-0.3, -0.25) is 9.13 Å². The Bertz CT molecular complexity index is 749. The maximum Gasteiger partial charge on any atom is 0.329 e. The van der Waals surface area contributed by atoms with Gasteiger partial charge in [-0.2, -0.15) is 0 Å². The average molecular weight is 319 g/mol. The van der Waals surface area contributed by atoms with E-state index in [9.17, 15) is 9.90 Å². The first-order valence-corrected chi connectivity index (χ1v) is 8.14. The molecule has 0 bridgehead atoms. The van der Waals surface area contributed by atoms with E-state index in [1.54, 1.807) is 18.4 Å². The number of aliphatic hydroxyl groups is 1. The van der Waals surface area contributed by atoms with Gasteiger partial charge in [0.05, 0.1) is 23.2 Å². The molecule has 1 aliphatic heterocycles. The number of nitrogens with zero attached hydrogens (tertiary/aromatic N) is 2. The topological polar surface area (TPSA) is 82.4 Å². The molecule has 3 N–H and O–H groups in total. The van der Waals surface area contributed by atoms with E-state index in [0.29, 0.717) is 37.7 Å². The number of nitrogens with two attached hydrogens (primary N) is 1. The number of benzene rings is 1. The van der Waals surface area contributed by atoms with Crippen LogP contribution in [-0.4, -0.2) is 33.1 Å². The molecule has 126 valence electrons. The molecule has 0 spiro atoms. The number of nitrogen functional groups attached to an aromatic ring is 1. The van der Waals surface area contributed by atoms with Crippen LogP contribution in [0.15, 0.2) is 23.0 Å². The third-order valence-electron chi connectivity index (χ3n) is 4.45. The standard InChI is InChI=1S/C17H25N3O3/c1-17(2,22)6-7-19-15-9-13(18)3-4-14(15)20(16(19)21)10-12-5-8-23-11-12/h3-4,9,12,22H,5-8,10-11,18H2,1-2H3. The number of anilines is 1. The van der Waals surface area contributed by atoms with Crippen LogP contribution in [0.25, 0.3) is 11.0 Å². The molecule has 1 aromatic heterocycles. The molecule has 1 atom stereocenters. The summed E-state index contributed by atoms with van der Waals surface area (Å²) in [5.41, 5.74) is 7.41. The number of ether oxygens (including phenoxy) is 1. The summed E-state index contributed by atoms with van der Waals surface area (Å²) in [6, 6.07) is 5.56. The number of imidazole rings is 1. The Morgan fingerprint density at radius 1 is 1.35 bits per heavy atom. The van der Waals surface area contributed by atoms with Gasteiger partial charge in [0.2, 0.25) is 0 Å². The number of hydrogen-bond acceptors (Lipinski definition) is 4. The Kier molecular flexibility index (Phi) is 4.21. The van der Waals surface area contributed by atoms with Gasteiger partial charge in [-0.1, -0.05) is 0 Å². The zero-order valence-corrected chi connectivity index (χ0v) is 13.8. The molecular formula is C17H25N3O3. The first-order chi connectivity index (χ1) is 10.8. The quantitative estimate of drug-likeness (QED) is 0.820. The molecule has 0 aliphatic carbocycles. The molecule has 2 aromatic rings. The van der Waals surface area contributed by atoms with Gasteiger partial charge >= 0.3 is 5.69 Å². The highest BCUT2D eigenvalue weighted by Gasteiger charge is 2.21. The SMILES string of the molecule is CC(C)(O)CCn1c(=O)n(CC2CCOC2)c2ccc(N)cc21. The molecule has 1 unspecified atom stereocenters. The molecular weight excluding hydrogens is 294 g/mol. The van der Waals surface area contributed by atoms with Crippen LogP contribution in [0.1, 0.15) is 26.7 Å². The normalized spacial score (nSPS) is 18.8. The van der Waals surface area contributed by atoms with Gasteiger partial charge in [-0.05, 0) is 44.9 Å². The molecule has 6 heteroatoms. The van der Waals surface area contributed by atoms with Crippen LogP contribution >= 0.6 is 0 Å². The predicted molar refractivity (Wildman–Crippen MR) is 90.5 cm³/mol. The minimum atomic E-state index is -0.812. The van der Waals surface area contributed by atoms with E-state index in [1.807, 2.05) is 22.8 Å². The van der Waals surface area contributed by atoms with Crippen LogP contribution in [0.5, 0.6) is 0 Å². The largest absolute Gasteiger partial charge is 0.399 e. The van der Waals surface area contributed by atoms with Gasteiger partial charge in [-0.25, -0.2) is 4.79 Å². The van der Waals surface area contributed by atoms with E-state index < -0.39 is 5.60 Å². The number of aryl methyl sites for hydroxylation is 1. The summed E-state index contributed by atoms with van der Waals surface area (Å²) in [5.74, 6) is 0.374. The highest BCUT2D eigenvalue weighted by Crippen LogP contribution is 2.21. The van der Waals surface area contributed by atoms with Gasteiger partial charge in [0, 0.05) is 31.3 Å². The molecule has 23 heavy (non-hydrogen) atoms. The van der Waals surface area contributed by atoms with Crippen molar-refractivity contribution in [2.24, 2.45) is 5.92 Å². The van der Waals surface area contributed by atoms with E-state index >= 15 is 0 Å². The number of aromatic nitrogens is 2. The molecule has 0 radical (unpaired) electrons. The molecule has 6 nitrogen and oxygen atoms in total. The van der Waals surface area contributed by atoms with Crippen molar-refractivity contribution in [3.63, 3.8) is 0 Å². The lowest BCUT2D eigenvalue weighted by Crippen LogP contribution is -2.29. The molecule has 2 heterocycles. The van der Waals surface area contributed by atoms with Crippen molar-refractivity contribution in [2.75, 3.05) is 18.9 Å². The van der Waals surface area contributed by atoms with Crippen molar-refractivity contribution in [3.8, 4) is 0 Å². The molecule has 0 amide bonds. The maximum absolute atomic E-state index is 12.9. The van der Waals surface area contributed by atoms with Crippen LogP contribution in [0.3, 0.4) is 0 Å². The van der Waals surface area contributed by atoms with Gasteiger partial charge in [0.25, 0.3) is 0 Å². The fourth-order valence-electron chi connectivity index (χ4n) is 3.10. The number of fused-ring (bicyclic) bond motifs is 1. The highest BCUT2D eigenvalue weighted by atomic mass is 16.5. The average Bonchev–Trinajstić information content (AvgIpc) is 3.05. The van der Waals surface area contributed by atoms with Crippen LogP contribution in [0, 0.1) is 5.92 Å². The minimum absolute atomic E-state index is 0.0400. The first-order valence-electron chi connectivity index (χ1n) is 8.14. The molecule has 1 fully saturated rings. The van der Waals surface area contributed by atoms with Gasteiger partial charge in [0.15, 0.2) is 0 Å². The lowest BCUT2D eigenvalue weighted by atomic mass is 10.1. The lowest BCUT2D eigenvalue weighted by Gasteiger charge is -2.17. The summed E-state index contributed by atoms with van der Waals surface area (Å²) in [6.07, 6.45) is 1.49. The summed E-state index contributed by atoms with van der Waals surface area (Å²) in [7, 11) is 0. The van der Waals surface area contributed by atoms with Crippen LogP contribution in [0.2, 0.25) is 0 Å². The summed E-state index contributed by atoms with van der Waals surface area (Å²) >= 11 is 0. The zero-order valence-electron chi connectivity index (χ0n) is 13.8. The third-order valence-corrected chi connectivity index (χ3v) is 4.45. The second-order valence-corrected chi connectivity index (χ2v) is 7.09. The molecule has 1 aromatic carbocycles. The van der Waals surface area contributed by atoms with E-state index in [4.69, 9.17) is 10.5 Å². The maximum atomic E-state index is 12.9. The molecule has 0 saturated carbocycles. The summed E-state index contributed by atoms with van der Waals surface area (Å²) in [4.78, 5) is 12.9. The summed E-state index contributed by atoms with van der Waals surface area (Å²) < 4.78 is 8.96. The minimum Gasteiger partial charge on any atom is -0.399 e. The third kappa shape index (κ3) is 3.43. The first kappa shape index (κ1) is 16.1. The van der Waals surface area contributed by atoms with Crippen molar-refractivity contribution < 1.29 is 9.84 Å². The van der Waals surface area contributed by atoms with Crippen molar-refractivity contribution in [1.29, 1.82) is 0 Å².